The van der Waals surface area contributed by atoms with Crippen molar-refractivity contribution in [3.63, 3.8) is 0 Å². The Kier molecular flexibility index (Phi) is 4.68. The molecule has 0 bridgehead atoms. The molecule has 0 saturated carbocycles. The summed E-state index contributed by atoms with van der Waals surface area (Å²) in [7, 11) is 0. The van der Waals surface area contributed by atoms with E-state index >= 15 is 0 Å². The second-order valence-corrected chi connectivity index (χ2v) is 7.39. The molecule has 28 heavy (non-hydrogen) atoms. The van der Waals surface area contributed by atoms with Gasteiger partial charge in [-0.05, 0) is 18.2 Å². The number of hydrogen-bond acceptors (Lipinski definition) is 5. The summed E-state index contributed by atoms with van der Waals surface area (Å²) in [6.07, 6.45) is 0. The second-order valence-electron chi connectivity index (χ2n) is 6.95. The minimum Gasteiger partial charge on any atom is -0.379 e. The number of hydrogen-bond donors (Lipinski definition) is 0. The number of morpholine rings is 1. The van der Waals surface area contributed by atoms with E-state index in [9.17, 15) is 0 Å². The van der Waals surface area contributed by atoms with Crippen molar-refractivity contribution in [3.8, 4) is 5.69 Å². The van der Waals surface area contributed by atoms with E-state index < -0.39 is 0 Å². The number of nitrogens with zero attached hydrogens (tertiary/aromatic N) is 5. The van der Waals surface area contributed by atoms with Crippen LogP contribution in [0.4, 0.5) is 0 Å². The Morgan fingerprint density at radius 2 is 1.82 bits per heavy atom. The monoisotopic (exact) mass is 393 g/mol. The minimum absolute atomic E-state index is 0.479. The molecule has 1 aromatic heterocycles. The van der Waals surface area contributed by atoms with E-state index in [4.69, 9.17) is 21.3 Å². The minimum atomic E-state index is 0.479. The van der Waals surface area contributed by atoms with Crippen molar-refractivity contribution in [2.24, 2.45) is 4.99 Å². The number of ether oxygens (including phenoxy) is 1. The molecule has 1 fully saturated rings. The van der Waals surface area contributed by atoms with Gasteiger partial charge in [-0.25, -0.2) is 0 Å². The van der Waals surface area contributed by atoms with E-state index in [1.807, 2.05) is 36.4 Å². The van der Waals surface area contributed by atoms with Crippen molar-refractivity contribution in [2.75, 3.05) is 26.3 Å². The van der Waals surface area contributed by atoms with E-state index in [0.29, 0.717) is 11.6 Å². The van der Waals surface area contributed by atoms with Crippen LogP contribution in [0, 0.1) is 0 Å². The number of fused-ring (bicyclic) bond motifs is 3. The topological polar surface area (TPSA) is 55.5 Å². The zero-order valence-electron chi connectivity index (χ0n) is 15.4. The van der Waals surface area contributed by atoms with Crippen molar-refractivity contribution < 1.29 is 4.74 Å². The van der Waals surface area contributed by atoms with E-state index in [0.717, 1.165) is 67.0 Å². The average molecular weight is 394 g/mol. The molecule has 6 nitrogen and oxygen atoms in total. The molecule has 3 heterocycles. The van der Waals surface area contributed by atoms with Gasteiger partial charge in [0.25, 0.3) is 0 Å². The predicted molar refractivity (Wildman–Crippen MR) is 108 cm³/mol. The zero-order chi connectivity index (χ0) is 18.9. The van der Waals surface area contributed by atoms with E-state index in [1.54, 1.807) is 0 Å². The van der Waals surface area contributed by atoms with Gasteiger partial charge in [-0.2, -0.15) is 0 Å². The summed E-state index contributed by atoms with van der Waals surface area (Å²) in [5.74, 6) is 1.77. The first-order chi connectivity index (χ1) is 13.8. The van der Waals surface area contributed by atoms with Gasteiger partial charge < -0.3 is 4.74 Å². The molecule has 0 radical (unpaired) electrons. The fraction of sp³-hybridized carbons (Fsp3) is 0.286. The highest BCUT2D eigenvalue weighted by molar-refractivity contribution is 6.31. The highest BCUT2D eigenvalue weighted by Gasteiger charge is 2.24. The lowest BCUT2D eigenvalue weighted by Gasteiger charge is -2.26. The first kappa shape index (κ1) is 17.6. The Hall–Kier alpha value is -2.54. The van der Waals surface area contributed by atoms with Crippen LogP contribution in [0.1, 0.15) is 22.8 Å². The summed E-state index contributed by atoms with van der Waals surface area (Å²) in [6, 6.07) is 16.1. The molecule has 5 rings (SSSR count). The molecule has 3 aromatic rings. The van der Waals surface area contributed by atoms with Crippen LogP contribution >= 0.6 is 11.6 Å². The third kappa shape index (κ3) is 3.24. The lowest BCUT2D eigenvalue weighted by Crippen LogP contribution is -2.36. The lowest BCUT2D eigenvalue weighted by molar-refractivity contribution is 0.0328. The molecule has 7 heteroatoms. The van der Waals surface area contributed by atoms with Gasteiger partial charge >= 0.3 is 0 Å². The standard InChI is InChI=1S/C21H20ClN5O/c22-16-6-7-18-17(12-16)21(15-4-2-1-3-5-15)23-13-19-24-25-20(27(18)19)14-26-8-10-28-11-9-26/h1-7,12H,8-11,13-14H2. The van der Waals surface area contributed by atoms with Gasteiger partial charge in [0.2, 0.25) is 0 Å². The maximum atomic E-state index is 6.36. The van der Waals surface area contributed by atoms with Crippen LogP contribution in [-0.4, -0.2) is 51.7 Å². The Balaban J connectivity index is 1.61. The fourth-order valence-corrected chi connectivity index (χ4v) is 3.94. The molecule has 2 aromatic carbocycles. The number of aromatic nitrogens is 3. The van der Waals surface area contributed by atoms with Crippen molar-refractivity contribution in [2.45, 2.75) is 13.1 Å². The Morgan fingerprint density at radius 1 is 1.00 bits per heavy atom. The summed E-state index contributed by atoms with van der Waals surface area (Å²) < 4.78 is 7.61. The molecule has 142 valence electrons. The molecule has 0 aliphatic carbocycles. The van der Waals surface area contributed by atoms with Crippen molar-refractivity contribution >= 4 is 17.3 Å². The van der Waals surface area contributed by atoms with Crippen LogP contribution in [0.2, 0.25) is 5.02 Å². The molecule has 2 aliphatic heterocycles. The summed E-state index contributed by atoms with van der Waals surface area (Å²) in [6.45, 7) is 4.54. The number of aliphatic imine (C=N–C) groups is 1. The SMILES string of the molecule is Clc1ccc2c(c1)C(c1ccccc1)=NCc1nnc(CN3CCOCC3)n1-2. The van der Waals surface area contributed by atoms with Crippen LogP contribution in [-0.2, 0) is 17.8 Å². The molecule has 0 amide bonds. The molecule has 0 atom stereocenters. The van der Waals surface area contributed by atoms with E-state index in [1.165, 1.54) is 0 Å². The van der Waals surface area contributed by atoms with Crippen LogP contribution in [0.5, 0.6) is 0 Å². The van der Waals surface area contributed by atoms with Gasteiger partial charge in [-0.15, -0.1) is 10.2 Å². The quantitative estimate of drug-likeness (QED) is 0.686. The van der Waals surface area contributed by atoms with Gasteiger partial charge in [0.1, 0.15) is 6.54 Å². The molecular formula is C21H20ClN5O. The van der Waals surface area contributed by atoms with Crippen LogP contribution < -0.4 is 0 Å². The normalized spacial score (nSPS) is 16.8. The lowest BCUT2D eigenvalue weighted by atomic mass is 10.0. The third-order valence-corrected chi connectivity index (χ3v) is 5.38. The first-order valence-corrected chi connectivity index (χ1v) is 9.81. The largest absolute Gasteiger partial charge is 0.379 e. The third-order valence-electron chi connectivity index (χ3n) is 5.15. The van der Waals surface area contributed by atoms with Crippen molar-refractivity contribution in [3.05, 3.63) is 76.3 Å². The maximum Gasteiger partial charge on any atom is 0.159 e. The molecule has 0 N–H and O–H groups in total. The predicted octanol–water partition coefficient (Wildman–Crippen LogP) is 3.10. The summed E-state index contributed by atoms with van der Waals surface area (Å²) in [5.41, 5.74) is 4.02. The van der Waals surface area contributed by atoms with Gasteiger partial charge in [0.05, 0.1) is 31.2 Å². The van der Waals surface area contributed by atoms with E-state index in [-0.39, 0.29) is 0 Å². The van der Waals surface area contributed by atoms with Crippen LogP contribution in [0.3, 0.4) is 0 Å². The number of rotatable bonds is 3. The molecular weight excluding hydrogens is 374 g/mol. The Morgan fingerprint density at radius 3 is 2.64 bits per heavy atom. The zero-order valence-corrected chi connectivity index (χ0v) is 16.1. The second kappa shape index (κ2) is 7.47. The average Bonchev–Trinajstić information content (AvgIpc) is 3.04. The van der Waals surface area contributed by atoms with Crippen molar-refractivity contribution in [1.82, 2.24) is 19.7 Å². The maximum absolute atomic E-state index is 6.36. The van der Waals surface area contributed by atoms with Gasteiger partial charge in [-0.3, -0.25) is 14.5 Å². The Labute approximate surface area is 168 Å². The smallest absolute Gasteiger partial charge is 0.159 e. The molecule has 1 saturated heterocycles. The van der Waals surface area contributed by atoms with Crippen LogP contribution in [0.15, 0.2) is 53.5 Å². The summed E-state index contributed by atoms with van der Waals surface area (Å²) in [4.78, 5) is 7.23. The van der Waals surface area contributed by atoms with Gasteiger partial charge in [0, 0.05) is 29.2 Å². The van der Waals surface area contributed by atoms with Gasteiger partial charge in [0.15, 0.2) is 11.6 Å². The van der Waals surface area contributed by atoms with Crippen LogP contribution in [0.25, 0.3) is 5.69 Å². The van der Waals surface area contributed by atoms with Gasteiger partial charge in [-0.1, -0.05) is 41.9 Å². The highest BCUT2D eigenvalue weighted by Crippen LogP contribution is 2.28. The highest BCUT2D eigenvalue weighted by atomic mass is 35.5. The number of halogens is 1. The molecule has 2 aliphatic rings. The first-order valence-electron chi connectivity index (χ1n) is 9.43. The fourth-order valence-electron chi connectivity index (χ4n) is 3.77. The Bertz CT molecular complexity index is 1020. The summed E-state index contributed by atoms with van der Waals surface area (Å²) >= 11 is 6.36. The molecule has 0 unspecified atom stereocenters. The van der Waals surface area contributed by atoms with E-state index in [2.05, 4.69) is 31.8 Å². The number of benzene rings is 2. The van der Waals surface area contributed by atoms with Crippen molar-refractivity contribution in [1.29, 1.82) is 0 Å². The summed E-state index contributed by atoms with van der Waals surface area (Å²) in [5, 5.41) is 9.62. The molecule has 0 spiro atoms.